The highest BCUT2D eigenvalue weighted by molar-refractivity contribution is 5.38. The van der Waals surface area contributed by atoms with Gasteiger partial charge in [-0.1, -0.05) is 13.0 Å². The first-order valence-electron chi connectivity index (χ1n) is 4.54. The van der Waals surface area contributed by atoms with E-state index in [0.29, 0.717) is 0 Å². The maximum atomic E-state index is 9.09. The number of aryl methyl sites for hydroxylation is 2. The molecule has 2 N–H and O–H groups in total. The van der Waals surface area contributed by atoms with Crippen molar-refractivity contribution < 1.29 is 5.11 Å². The summed E-state index contributed by atoms with van der Waals surface area (Å²) in [4.78, 5) is 4.36. The van der Waals surface area contributed by atoms with Gasteiger partial charge in [0.25, 0.3) is 0 Å². The summed E-state index contributed by atoms with van der Waals surface area (Å²) in [7, 11) is 0. The van der Waals surface area contributed by atoms with Gasteiger partial charge < -0.3 is 10.4 Å². The van der Waals surface area contributed by atoms with Gasteiger partial charge in [-0.2, -0.15) is 0 Å². The summed E-state index contributed by atoms with van der Waals surface area (Å²) in [6.45, 7) is 5.78. The average Bonchev–Trinajstić information content (AvgIpc) is 2.07. The lowest BCUT2D eigenvalue weighted by Gasteiger charge is -2.10. The lowest BCUT2D eigenvalue weighted by molar-refractivity contribution is 0.224. The average molecular weight is 180 g/mol. The molecule has 1 aromatic heterocycles. The highest BCUT2D eigenvalue weighted by Crippen LogP contribution is 2.11. The van der Waals surface area contributed by atoms with Crippen molar-refractivity contribution in [2.75, 3.05) is 5.32 Å². The molecule has 3 heteroatoms. The topological polar surface area (TPSA) is 45.2 Å². The Morgan fingerprint density at radius 1 is 1.54 bits per heavy atom. The Bertz CT molecular complexity index is 284. The number of hydrogen-bond donors (Lipinski definition) is 2. The van der Waals surface area contributed by atoms with E-state index < -0.39 is 6.23 Å². The minimum Gasteiger partial charge on any atom is -0.374 e. The molecule has 1 unspecified atom stereocenters. The van der Waals surface area contributed by atoms with E-state index >= 15 is 0 Å². The Kier molecular flexibility index (Phi) is 3.25. The SMILES string of the molecule is CCc1nc(NC(C)O)ccc1C. The second kappa shape index (κ2) is 4.23. The van der Waals surface area contributed by atoms with Crippen molar-refractivity contribution in [2.24, 2.45) is 0 Å². The van der Waals surface area contributed by atoms with Crippen LogP contribution in [0.4, 0.5) is 5.82 Å². The molecule has 1 atom stereocenters. The molecule has 13 heavy (non-hydrogen) atoms. The number of nitrogens with one attached hydrogen (secondary N) is 1. The molecule has 1 heterocycles. The van der Waals surface area contributed by atoms with Gasteiger partial charge in [0.1, 0.15) is 12.0 Å². The van der Waals surface area contributed by atoms with Gasteiger partial charge in [-0.3, -0.25) is 0 Å². The molecule has 0 aliphatic rings. The molecule has 0 amide bonds. The summed E-state index contributed by atoms with van der Waals surface area (Å²) in [5.41, 5.74) is 2.27. The van der Waals surface area contributed by atoms with Crippen LogP contribution in [0.1, 0.15) is 25.1 Å². The van der Waals surface area contributed by atoms with Gasteiger partial charge in [-0.15, -0.1) is 0 Å². The highest BCUT2D eigenvalue weighted by atomic mass is 16.3. The molecular formula is C10H16N2O. The number of aromatic nitrogens is 1. The van der Waals surface area contributed by atoms with Crippen LogP contribution in [0, 0.1) is 6.92 Å². The van der Waals surface area contributed by atoms with Gasteiger partial charge in [0, 0.05) is 5.69 Å². The van der Waals surface area contributed by atoms with Crippen molar-refractivity contribution in [1.29, 1.82) is 0 Å². The number of hydrogen-bond acceptors (Lipinski definition) is 3. The van der Waals surface area contributed by atoms with Gasteiger partial charge in [-0.05, 0) is 31.9 Å². The van der Waals surface area contributed by atoms with Crippen molar-refractivity contribution in [3.8, 4) is 0 Å². The molecular weight excluding hydrogens is 164 g/mol. The Labute approximate surface area is 78.8 Å². The molecule has 0 saturated carbocycles. The van der Waals surface area contributed by atoms with E-state index in [2.05, 4.69) is 17.2 Å². The number of aliphatic hydroxyl groups excluding tert-OH is 1. The lowest BCUT2D eigenvalue weighted by atomic mass is 10.2. The summed E-state index contributed by atoms with van der Waals surface area (Å²) < 4.78 is 0. The predicted octanol–water partition coefficient (Wildman–Crippen LogP) is 1.70. The minimum atomic E-state index is -0.556. The molecule has 1 aromatic rings. The molecule has 0 spiro atoms. The van der Waals surface area contributed by atoms with E-state index in [-0.39, 0.29) is 0 Å². The maximum Gasteiger partial charge on any atom is 0.128 e. The van der Waals surface area contributed by atoms with Crippen molar-refractivity contribution >= 4 is 5.82 Å². The van der Waals surface area contributed by atoms with Gasteiger partial charge in [-0.25, -0.2) is 4.98 Å². The molecule has 0 aromatic carbocycles. The van der Waals surface area contributed by atoms with Crippen molar-refractivity contribution in [3.05, 3.63) is 23.4 Å². The third-order valence-electron chi connectivity index (χ3n) is 1.89. The summed E-state index contributed by atoms with van der Waals surface area (Å²) in [5, 5.41) is 11.9. The second-order valence-corrected chi connectivity index (χ2v) is 3.13. The van der Waals surface area contributed by atoms with Gasteiger partial charge in [0.15, 0.2) is 0 Å². The Balaban J connectivity index is 2.86. The quantitative estimate of drug-likeness (QED) is 0.696. The van der Waals surface area contributed by atoms with Gasteiger partial charge >= 0.3 is 0 Å². The smallest absolute Gasteiger partial charge is 0.128 e. The van der Waals surface area contributed by atoms with E-state index in [9.17, 15) is 0 Å². The molecule has 0 aliphatic carbocycles. The molecule has 1 rings (SSSR count). The first-order chi connectivity index (χ1) is 6.13. The highest BCUT2D eigenvalue weighted by Gasteiger charge is 2.01. The van der Waals surface area contributed by atoms with Crippen LogP contribution in [-0.4, -0.2) is 16.3 Å². The van der Waals surface area contributed by atoms with Crippen molar-refractivity contribution in [2.45, 2.75) is 33.4 Å². The predicted molar refractivity (Wildman–Crippen MR) is 53.7 cm³/mol. The molecule has 0 aliphatic heterocycles. The Morgan fingerprint density at radius 3 is 2.77 bits per heavy atom. The van der Waals surface area contributed by atoms with E-state index in [1.165, 1.54) is 5.56 Å². The summed E-state index contributed by atoms with van der Waals surface area (Å²) in [6.07, 6.45) is 0.362. The van der Waals surface area contributed by atoms with Crippen LogP contribution in [0.5, 0.6) is 0 Å². The van der Waals surface area contributed by atoms with Crippen LogP contribution in [-0.2, 0) is 6.42 Å². The second-order valence-electron chi connectivity index (χ2n) is 3.13. The van der Waals surface area contributed by atoms with Crippen LogP contribution in [0.3, 0.4) is 0 Å². The van der Waals surface area contributed by atoms with Crippen LogP contribution >= 0.6 is 0 Å². The summed E-state index contributed by atoms with van der Waals surface area (Å²) >= 11 is 0. The number of nitrogens with zero attached hydrogens (tertiary/aromatic N) is 1. The van der Waals surface area contributed by atoms with Crippen LogP contribution in [0.25, 0.3) is 0 Å². The van der Waals surface area contributed by atoms with Crippen molar-refractivity contribution in [1.82, 2.24) is 4.98 Å². The lowest BCUT2D eigenvalue weighted by Crippen LogP contribution is -2.14. The van der Waals surface area contributed by atoms with Crippen LogP contribution in [0.2, 0.25) is 0 Å². The molecule has 72 valence electrons. The Morgan fingerprint density at radius 2 is 2.23 bits per heavy atom. The largest absolute Gasteiger partial charge is 0.374 e. The molecule has 3 nitrogen and oxygen atoms in total. The van der Waals surface area contributed by atoms with Gasteiger partial charge in [0.05, 0.1) is 0 Å². The van der Waals surface area contributed by atoms with Gasteiger partial charge in [0.2, 0.25) is 0 Å². The van der Waals surface area contributed by atoms with Crippen molar-refractivity contribution in [3.63, 3.8) is 0 Å². The minimum absolute atomic E-state index is 0.556. The normalized spacial score (nSPS) is 12.6. The first kappa shape index (κ1) is 9.99. The zero-order valence-electron chi connectivity index (χ0n) is 8.33. The number of aliphatic hydroxyl groups is 1. The Hall–Kier alpha value is -1.09. The fourth-order valence-electron chi connectivity index (χ4n) is 1.22. The molecule has 0 fully saturated rings. The van der Waals surface area contributed by atoms with Crippen LogP contribution in [0.15, 0.2) is 12.1 Å². The molecule has 0 saturated heterocycles. The first-order valence-corrected chi connectivity index (χ1v) is 4.54. The maximum absolute atomic E-state index is 9.09. The summed E-state index contributed by atoms with van der Waals surface area (Å²) in [6, 6.07) is 3.89. The molecule has 0 radical (unpaired) electrons. The number of anilines is 1. The zero-order chi connectivity index (χ0) is 9.84. The number of pyridine rings is 1. The fraction of sp³-hybridized carbons (Fsp3) is 0.500. The third-order valence-corrected chi connectivity index (χ3v) is 1.89. The molecule has 0 bridgehead atoms. The van der Waals surface area contributed by atoms with E-state index in [0.717, 1.165) is 17.9 Å². The van der Waals surface area contributed by atoms with E-state index in [1.54, 1.807) is 6.92 Å². The zero-order valence-corrected chi connectivity index (χ0v) is 8.33. The van der Waals surface area contributed by atoms with E-state index in [1.807, 2.05) is 19.1 Å². The third kappa shape index (κ3) is 2.70. The number of rotatable bonds is 3. The fourth-order valence-corrected chi connectivity index (χ4v) is 1.22. The monoisotopic (exact) mass is 180 g/mol. The van der Waals surface area contributed by atoms with Crippen LogP contribution < -0.4 is 5.32 Å². The van der Waals surface area contributed by atoms with E-state index in [4.69, 9.17) is 5.11 Å². The standard InChI is InChI=1S/C10H16N2O/c1-4-9-7(2)5-6-10(12-9)11-8(3)13/h5-6,8,13H,4H2,1-3H3,(H,11,12). The summed E-state index contributed by atoms with van der Waals surface area (Å²) in [5.74, 6) is 0.734.